The zero-order valence-corrected chi connectivity index (χ0v) is 21.7. The highest BCUT2D eigenvalue weighted by atomic mass is 15.5. The first-order valence-electron chi connectivity index (χ1n) is 16.2. The summed E-state index contributed by atoms with van der Waals surface area (Å²) in [5, 5.41) is 0. The Bertz CT molecular complexity index is 1620. The summed E-state index contributed by atoms with van der Waals surface area (Å²) in [7, 11) is 0. The predicted octanol–water partition coefficient (Wildman–Crippen LogP) is 5.58. The molecular weight excluding hydrogens is 408 g/mol. The molecule has 17 saturated carbocycles. The Labute approximate surface area is 202 Å². The van der Waals surface area contributed by atoms with E-state index in [4.69, 9.17) is 0 Å². The molecule has 0 amide bonds. The molecule has 17 rings (SSSR count). The van der Waals surface area contributed by atoms with Gasteiger partial charge in [-0.15, -0.1) is 0 Å². The van der Waals surface area contributed by atoms with Crippen LogP contribution < -0.4 is 0 Å². The molecule has 172 valence electrons. The van der Waals surface area contributed by atoms with Crippen LogP contribution in [0.4, 0.5) is 0 Å². The lowest BCUT2D eigenvalue weighted by atomic mass is 8.54. The van der Waals surface area contributed by atoms with Crippen molar-refractivity contribution in [2.75, 3.05) is 0 Å². The summed E-state index contributed by atoms with van der Waals surface area (Å²) < 4.78 is 0. The van der Waals surface area contributed by atoms with Crippen molar-refractivity contribution >= 4 is 0 Å². The van der Waals surface area contributed by atoms with E-state index in [-0.39, 0.29) is 0 Å². The van der Waals surface area contributed by atoms with Gasteiger partial charge in [0.25, 0.3) is 0 Å². The van der Waals surface area contributed by atoms with Crippen LogP contribution in [-0.4, -0.2) is 0 Å². The van der Waals surface area contributed by atoms with Crippen LogP contribution >= 0.6 is 0 Å². The van der Waals surface area contributed by atoms with E-state index in [1.807, 2.05) is 0 Å². The Morgan fingerprint density at radius 2 is 1.00 bits per heavy atom. The fraction of sp³-hybridized carbons (Fsp3) is 1.00. The molecule has 0 heteroatoms. The molecule has 0 heterocycles. The Morgan fingerprint density at radius 1 is 0.500 bits per heavy atom. The SMILES string of the molecule is CC1C2C3C4C5C6C(C)C7(C)C8(C)C(C)C9C%10C%11C%12CC%13%14C(C)(C)C1C2%13C31C%12%14C%112C%103C98C67C53C412. The predicted molar refractivity (Wildman–Crippen MR) is 121 cm³/mol. The molecule has 17 aliphatic carbocycles. The summed E-state index contributed by atoms with van der Waals surface area (Å²) in [5.74, 6) is 15.7. The maximum absolute atomic E-state index is 2.92. The minimum absolute atomic E-state index is 0.704. The van der Waals surface area contributed by atoms with Gasteiger partial charge in [-0.05, 0) is 154 Å². The molecule has 17 aliphatic rings. The van der Waals surface area contributed by atoms with Crippen molar-refractivity contribution in [1.82, 2.24) is 0 Å². The average Bonchev–Trinajstić information content (AvgIpc) is 2.71. The average molecular weight is 445 g/mol. The second-order valence-electron chi connectivity index (χ2n) is 20.3. The van der Waals surface area contributed by atoms with Gasteiger partial charge in [0.15, 0.2) is 0 Å². The van der Waals surface area contributed by atoms with Crippen LogP contribution in [0.5, 0.6) is 0 Å². The van der Waals surface area contributed by atoms with Crippen LogP contribution in [0, 0.1) is 147 Å². The van der Waals surface area contributed by atoms with E-state index in [2.05, 4.69) is 48.5 Å². The van der Waals surface area contributed by atoms with E-state index in [0.717, 1.165) is 88.7 Å². The van der Waals surface area contributed by atoms with Crippen molar-refractivity contribution in [3.05, 3.63) is 0 Å². The van der Waals surface area contributed by atoms with Gasteiger partial charge >= 0.3 is 0 Å². The van der Waals surface area contributed by atoms with Crippen LogP contribution in [0.3, 0.4) is 0 Å². The fourth-order valence-corrected chi connectivity index (χ4v) is 29.6. The van der Waals surface area contributed by atoms with Gasteiger partial charge in [-0.2, -0.15) is 0 Å². The van der Waals surface area contributed by atoms with Crippen LogP contribution in [0.15, 0.2) is 0 Å². The molecule has 0 aliphatic heterocycles. The van der Waals surface area contributed by atoms with E-state index < -0.39 is 0 Å². The van der Waals surface area contributed by atoms with Crippen molar-refractivity contribution < 1.29 is 0 Å². The lowest BCUT2D eigenvalue weighted by Crippen LogP contribution is -3.47. The zero-order chi connectivity index (χ0) is 21.7. The van der Waals surface area contributed by atoms with Gasteiger partial charge in [0.2, 0.25) is 0 Å². The molecule has 0 bridgehead atoms. The normalized spacial score (nSPS) is 113. The second-order valence-corrected chi connectivity index (χ2v) is 20.3. The highest BCUT2D eigenvalue weighted by molar-refractivity contribution is 5.93. The second kappa shape index (κ2) is 2.43. The van der Waals surface area contributed by atoms with Crippen molar-refractivity contribution in [3.8, 4) is 0 Å². The minimum Gasteiger partial charge on any atom is -0.0619 e. The number of fused-ring (bicyclic) bond motifs is 8. The highest BCUT2D eigenvalue weighted by Gasteiger charge is 3.48. The maximum Gasteiger partial charge on any atom is -0.00503 e. The summed E-state index contributed by atoms with van der Waals surface area (Å²) in [4.78, 5) is 0. The lowest BCUT2D eigenvalue weighted by Gasteiger charge is -3.48. The van der Waals surface area contributed by atoms with Gasteiger partial charge in [-0.25, -0.2) is 0 Å². The van der Waals surface area contributed by atoms with Gasteiger partial charge in [-0.1, -0.05) is 48.5 Å². The summed E-state index contributed by atoms with van der Waals surface area (Å²) in [6, 6.07) is 0. The first kappa shape index (κ1) is 14.8. The van der Waals surface area contributed by atoms with Gasteiger partial charge in [0.05, 0.1) is 0 Å². The van der Waals surface area contributed by atoms with E-state index in [1.165, 1.54) is 53.3 Å². The fourth-order valence-electron chi connectivity index (χ4n) is 29.6. The third kappa shape index (κ3) is 0.392. The molecule has 0 nitrogen and oxygen atoms in total. The van der Waals surface area contributed by atoms with Gasteiger partial charge in [0.1, 0.15) is 0 Å². The van der Waals surface area contributed by atoms with E-state index in [0.29, 0.717) is 5.41 Å². The smallest absolute Gasteiger partial charge is 0.00503 e. The number of hydrogen-bond acceptors (Lipinski definition) is 0. The summed E-state index contributed by atoms with van der Waals surface area (Å²) in [6.45, 7) is 19.9. The molecule has 0 aromatic carbocycles. The first-order chi connectivity index (χ1) is 16.2. The minimum atomic E-state index is 0.704. The summed E-state index contributed by atoms with van der Waals surface area (Å²) in [5.41, 5.74) is 11.8. The summed E-state index contributed by atoms with van der Waals surface area (Å²) in [6.07, 6.45) is 1.75. The topological polar surface area (TPSA) is 0 Å². The first-order valence-corrected chi connectivity index (χ1v) is 16.2. The molecule has 0 saturated heterocycles. The van der Waals surface area contributed by atoms with Crippen molar-refractivity contribution in [1.29, 1.82) is 0 Å². The Morgan fingerprint density at radius 3 is 1.65 bits per heavy atom. The number of hydrogen-bond donors (Lipinski definition) is 0. The summed E-state index contributed by atoms with van der Waals surface area (Å²) >= 11 is 0. The van der Waals surface area contributed by atoms with E-state index in [9.17, 15) is 0 Å². The van der Waals surface area contributed by atoms with E-state index in [1.54, 1.807) is 6.42 Å². The van der Waals surface area contributed by atoms with Crippen LogP contribution in [-0.2, 0) is 0 Å². The van der Waals surface area contributed by atoms with Crippen LogP contribution in [0.1, 0.15) is 54.9 Å². The molecular formula is C34H36. The molecule has 25 atom stereocenters. The molecule has 10 spiro atoms. The van der Waals surface area contributed by atoms with Gasteiger partial charge in [-0.3, -0.25) is 0 Å². The molecule has 0 aromatic heterocycles. The van der Waals surface area contributed by atoms with Gasteiger partial charge < -0.3 is 0 Å². The quantitative estimate of drug-likeness (QED) is 0.457. The maximum atomic E-state index is 2.92. The molecule has 34 heavy (non-hydrogen) atoms. The van der Waals surface area contributed by atoms with E-state index >= 15 is 0 Å². The molecule has 0 N–H and O–H groups in total. The third-order valence-corrected chi connectivity index (χ3v) is 25.2. The van der Waals surface area contributed by atoms with Gasteiger partial charge in [0, 0.05) is 0 Å². The van der Waals surface area contributed by atoms with Crippen molar-refractivity contribution in [2.24, 2.45) is 147 Å². The van der Waals surface area contributed by atoms with Crippen molar-refractivity contribution in [2.45, 2.75) is 54.9 Å². The highest BCUT2D eigenvalue weighted by Crippen LogP contribution is 3.50. The Hall–Kier alpha value is 0. The van der Waals surface area contributed by atoms with Crippen LogP contribution in [0.25, 0.3) is 0 Å². The monoisotopic (exact) mass is 444 g/mol. The molecule has 0 aromatic rings. The Kier molecular flexibility index (Phi) is 1.06. The number of rotatable bonds is 0. The molecule has 17 fully saturated rings. The third-order valence-electron chi connectivity index (χ3n) is 25.2. The zero-order valence-electron chi connectivity index (χ0n) is 21.7. The van der Waals surface area contributed by atoms with Crippen LogP contribution in [0.2, 0.25) is 0 Å². The molecule has 0 radical (unpaired) electrons. The standard InChI is InChI=1S/C34H36/c1-9-13-17-20-19-15-11(3)24(7)23(6)10(2)14-18-16-12-8-25-22(4,5)21(9)26(13,25)30(17)27(12,25)31(16)32(18)28(14,23)29(15,24)33(19,32)34(20,30)31/h9-21H,8H2,1-7H3. The largest absolute Gasteiger partial charge is 0.0619 e. The van der Waals surface area contributed by atoms with Crippen molar-refractivity contribution in [3.63, 3.8) is 0 Å². The molecule has 25 unspecified atom stereocenters. The lowest BCUT2D eigenvalue weighted by molar-refractivity contribution is -1.04. The Balaban J connectivity index is 1.08.